The van der Waals surface area contributed by atoms with E-state index in [4.69, 9.17) is 11.6 Å². The average molecular weight is 311 g/mol. The Bertz CT molecular complexity index is 742. The third kappa shape index (κ3) is 3.15. The molecule has 0 aliphatic heterocycles. The lowest BCUT2D eigenvalue weighted by Gasteiger charge is -2.09. The third-order valence-electron chi connectivity index (χ3n) is 2.56. The van der Waals surface area contributed by atoms with Crippen LogP contribution in [0.2, 0.25) is 5.15 Å². The summed E-state index contributed by atoms with van der Waals surface area (Å²) < 4.78 is 26.7. The van der Waals surface area contributed by atoms with E-state index in [1.807, 2.05) is 0 Å². The van der Waals surface area contributed by atoms with E-state index in [0.717, 1.165) is 0 Å². The van der Waals surface area contributed by atoms with Gasteiger partial charge >= 0.3 is 0 Å². The van der Waals surface area contributed by atoms with Crippen LogP contribution in [-0.4, -0.2) is 19.2 Å². The molecule has 1 N–H and O–H groups in total. The maximum atomic E-state index is 12.1. The van der Waals surface area contributed by atoms with E-state index >= 15 is 0 Å². The second-order valence-corrected chi connectivity index (χ2v) is 6.04. The number of ketones is 1. The number of pyridine rings is 1. The van der Waals surface area contributed by atoms with Crippen molar-refractivity contribution in [3.8, 4) is 0 Å². The van der Waals surface area contributed by atoms with Crippen LogP contribution in [0.4, 0.5) is 5.69 Å². The highest BCUT2D eigenvalue weighted by Crippen LogP contribution is 2.21. The van der Waals surface area contributed by atoms with Crippen molar-refractivity contribution in [3.63, 3.8) is 0 Å². The topological polar surface area (TPSA) is 76.1 Å². The summed E-state index contributed by atoms with van der Waals surface area (Å²) in [5.41, 5.74) is 0.849. The van der Waals surface area contributed by atoms with Crippen LogP contribution >= 0.6 is 11.6 Å². The normalized spacial score (nSPS) is 11.1. The first-order valence-corrected chi connectivity index (χ1v) is 7.50. The number of aromatic nitrogens is 1. The minimum Gasteiger partial charge on any atom is -0.295 e. The number of nitrogens with zero attached hydrogens (tertiary/aromatic N) is 1. The molecule has 1 aromatic heterocycles. The van der Waals surface area contributed by atoms with Crippen molar-refractivity contribution in [1.29, 1.82) is 0 Å². The molecule has 20 heavy (non-hydrogen) atoms. The number of carbonyl (C=O) groups excluding carboxylic acids is 1. The molecule has 104 valence electrons. The van der Waals surface area contributed by atoms with Gasteiger partial charge in [-0.1, -0.05) is 11.6 Å². The number of nitrogens with one attached hydrogen (secondary N) is 1. The fourth-order valence-electron chi connectivity index (χ4n) is 1.55. The molecule has 2 aromatic rings. The van der Waals surface area contributed by atoms with Crippen molar-refractivity contribution in [1.82, 2.24) is 4.98 Å². The predicted octanol–water partition coefficient (Wildman–Crippen LogP) is 2.74. The quantitative estimate of drug-likeness (QED) is 0.696. The minimum absolute atomic E-state index is 0.0882. The number of hydrogen-bond donors (Lipinski definition) is 1. The Hall–Kier alpha value is -1.92. The fourth-order valence-corrected chi connectivity index (χ4v) is 3.07. The van der Waals surface area contributed by atoms with Gasteiger partial charge in [-0.3, -0.25) is 9.52 Å². The molecule has 0 fully saturated rings. The van der Waals surface area contributed by atoms with Gasteiger partial charge < -0.3 is 0 Å². The maximum absolute atomic E-state index is 12.1. The molecule has 2 rings (SSSR count). The summed E-state index contributed by atoms with van der Waals surface area (Å²) in [7, 11) is -3.81. The molecule has 0 aliphatic rings. The van der Waals surface area contributed by atoms with Crippen molar-refractivity contribution >= 4 is 33.1 Å². The summed E-state index contributed by atoms with van der Waals surface area (Å²) in [6.45, 7) is 1.44. The molecule has 1 heterocycles. The lowest BCUT2D eigenvalue weighted by Crippen LogP contribution is -2.13. The number of rotatable bonds is 4. The SMILES string of the molecule is CC(=O)c1ccc(NS(=O)(=O)c2cccnc2Cl)cc1. The van der Waals surface area contributed by atoms with Gasteiger partial charge in [0.15, 0.2) is 5.78 Å². The number of anilines is 1. The van der Waals surface area contributed by atoms with Gasteiger partial charge in [0, 0.05) is 17.4 Å². The molecule has 5 nitrogen and oxygen atoms in total. The third-order valence-corrected chi connectivity index (χ3v) is 4.38. The smallest absolute Gasteiger partial charge is 0.264 e. The Balaban J connectivity index is 2.29. The predicted molar refractivity (Wildman–Crippen MR) is 76.5 cm³/mol. The van der Waals surface area contributed by atoms with E-state index < -0.39 is 10.0 Å². The van der Waals surface area contributed by atoms with Crippen molar-refractivity contribution in [2.24, 2.45) is 0 Å². The molecule has 0 unspecified atom stereocenters. The Labute approximate surface area is 121 Å². The van der Waals surface area contributed by atoms with Crippen LogP contribution in [0.15, 0.2) is 47.5 Å². The van der Waals surface area contributed by atoms with Crippen LogP contribution < -0.4 is 4.72 Å². The minimum atomic E-state index is -3.81. The molecule has 0 saturated heterocycles. The highest BCUT2D eigenvalue weighted by Gasteiger charge is 2.18. The zero-order chi connectivity index (χ0) is 14.8. The van der Waals surface area contributed by atoms with Crippen LogP contribution in [0.3, 0.4) is 0 Å². The Morgan fingerprint density at radius 3 is 2.40 bits per heavy atom. The fraction of sp³-hybridized carbons (Fsp3) is 0.0769. The van der Waals surface area contributed by atoms with E-state index in [2.05, 4.69) is 9.71 Å². The summed E-state index contributed by atoms with van der Waals surface area (Å²) in [6.07, 6.45) is 1.41. The van der Waals surface area contributed by atoms with Crippen molar-refractivity contribution < 1.29 is 13.2 Å². The van der Waals surface area contributed by atoms with E-state index in [-0.39, 0.29) is 15.8 Å². The first-order chi connectivity index (χ1) is 9.40. The first-order valence-electron chi connectivity index (χ1n) is 5.64. The van der Waals surface area contributed by atoms with Crippen LogP contribution in [0.25, 0.3) is 0 Å². The maximum Gasteiger partial charge on any atom is 0.264 e. The molecule has 0 spiro atoms. The lowest BCUT2D eigenvalue weighted by atomic mass is 10.1. The van der Waals surface area contributed by atoms with Gasteiger partial charge in [0.05, 0.1) is 0 Å². The molecule has 0 radical (unpaired) electrons. The Morgan fingerprint density at radius 2 is 1.85 bits per heavy atom. The second kappa shape index (κ2) is 5.60. The molecule has 0 bridgehead atoms. The lowest BCUT2D eigenvalue weighted by molar-refractivity contribution is 0.101. The molecule has 0 atom stereocenters. The van der Waals surface area contributed by atoms with Crippen LogP contribution in [-0.2, 0) is 10.0 Å². The summed E-state index contributed by atoms with van der Waals surface area (Å²) in [4.78, 5) is 14.8. The summed E-state index contributed by atoms with van der Waals surface area (Å²) >= 11 is 5.77. The highest BCUT2D eigenvalue weighted by molar-refractivity contribution is 7.92. The molecular weight excluding hydrogens is 300 g/mol. The van der Waals surface area contributed by atoms with E-state index in [1.165, 1.54) is 37.4 Å². The van der Waals surface area contributed by atoms with Gasteiger partial charge in [0.1, 0.15) is 10.0 Å². The monoisotopic (exact) mass is 310 g/mol. The Kier molecular flexibility index (Phi) is 4.06. The number of Topliss-reactive ketones (excluding diaryl/α,β-unsaturated/α-hetero) is 1. The summed E-state index contributed by atoms with van der Waals surface area (Å²) in [5, 5.41) is -0.0969. The van der Waals surface area contributed by atoms with Crippen molar-refractivity contribution in [2.45, 2.75) is 11.8 Å². The van der Waals surface area contributed by atoms with Gasteiger partial charge in [0.25, 0.3) is 10.0 Å². The van der Waals surface area contributed by atoms with Crippen LogP contribution in [0.5, 0.6) is 0 Å². The zero-order valence-corrected chi connectivity index (χ0v) is 12.1. The number of carbonyl (C=O) groups is 1. The van der Waals surface area contributed by atoms with E-state index in [0.29, 0.717) is 11.3 Å². The number of benzene rings is 1. The largest absolute Gasteiger partial charge is 0.295 e. The van der Waals surface area contributed by atoms with E-state index in [1.54, 1.807) is 12.1 Å². The second-order valence-electron chi connectivity index (χ2n) is 4.03. The highest BCUT2D eigenvalue weighted by atomic mass is 35.5. The number of halogens is 1. The van der Waals surface area contributed by atoms with Gasteiger partial charge in [-0.2, -0.15) is 0 Å². The number of sulfonamides is 1. The van der Waals surface area contributed by atoms with Crippen LogP contribution in [0.1, 0.15) is 17.3 Å². The standard InChI is InChI=1S/C13H11ClN2O3S/c1-9(17)10-4-6-11(7-5-10)16-20(18,19)12-3-2-8-15-13(12)14/h2-8,16H,1H3. The van der Waals surface area contributed by atoms with E-state index in [9.17, 15) is 13.2 Å². The van der Waals surface area contributed by atoms with Gasteiger partial charge in [-0.05, 0) is 43.3 Å². The summed E-state index contributed by atoms with van der Waals surface area (Å²) in [6, 6.07) is 8.97. The van der Waals surface area contributed by atoms with Crippen LogP contribution in [0, 0.1) is 0 Å². The summed E-state index contributed by atoms with van der Waals surface area (Å²) in [5.74, 6) is -0.0882. The Morgan fingerprint density at radius 1 is 1.20 bits per heavy atom. The van der Waals surface area contributed by atoms with Gasteiger partial charge in [0.2, 0.25) is 0 Å². The van der Waals surface area contributed by atoms with Crippen molar-refractivity contribution in [2.75, 3.05) is 4.72 Å². The molecule has 0 amide bonds. The molecule has 7 heteroatoms. The molecular formula is C13H11ClN2O3S. The molecule has 1 aromatic carbocycles. The average Bonchev–Trinajstić information content (AvgIpc) is 2.39. The van der Waals surface area contributed by atoms with Gasteiger partial charge in [-0.15, -0.1) is 0 Å². The molecule has 0 aliphatic carbocycles. The zero-order valence-electron chi connectivity index (χ0n) is 10.5. The number of hydrogen-bond acceptors (Lipinski definition) is 4. The van der Waals surface area contributed by atoms with Crippen molar-refractivity contribution in [3.05, 3.63) is 53.3 Å². The molecule has 0 saturated carbocycles. The first kappa shape index (κ1) is 14.5. The van der Waals surface area contributed by atoms with Gasteiger partial charge in [-0.25, -0.2) is 13.4 Å².